The predicted molar refractivity (Wildman–Crippen MR) is 121 cm³/mol. The van der Waals surface area contributed by atoms with Gasteiger partial charge in [0.1, 0.15) is 11.4 Å². The highest BCUT2D eigenvalue weighted by molar-refractivity contribution is 5.94. The summed E-state index contributed by atoms with van der Waals surface area (Å²) in [4.78, 5) is 12.3. The Morgan fingerprint density at radius 2 is 1.68 bits per heavy atom. The van der Waals surface area contributed by atoms with Gasteiger partial charge in [0.15, 0.2) is 0 Å². The number of ether oxygens (including phenoxy) is 1. The molecule has 3 aromatic carbocycles. The molecule has 0 spiro atoms. The van der Waals surface area contributed by atoms with Crippen molar-refractivity contribution in [1.82, 2.24) is 15.6 Å². The fraction of sp³-hybridized carbons (Fsp3) is 0.0800. The van der Waals surface area contributed by atoms with Crippen LogP contribution in [-0.2, 0) is 6.42 Å². The molecule has 31 heavy (non-hydrogen) atoms. The van der Waals surface area contributed by atoms with Crippen LogP contribution in [0.5, 0.6) is 5.75 Å². The van der Waals surface area contributed by atoms with E-state index in [0.717, 1.165) is 23.3 Å². The van der Waals surface area contributed by atoms with E-state index < -0.39 is 0 Å². The minimum absolute atomic E-state index is 0.336. The molecule has 0 aliphatic rings. The van der Waals surface area contributed by atoms with Gasteiger partial charge in [0.05, 0.1) is 18.5 Å². The Morgan fingerprint density at radius 1 is 0.968 bits per heavy atom. The number of carbonyl (C=O) groups is 1. The molecule has 6 heteroatoms. The molecule has 0 unspecified atom stereocenters. The number of aromatic amines is 1. The molecule has 0 atom stereocenters. The molecule has 0 saturated heterocycles. The van der Waals surface area contributed by atoms with Gasteiger partial charge in [-0.2, -0.15) is 10.2 Å². The first-order valence-corrected chi connectivity index (χ1v) is 9.99. The van der Waals surface area contributed by atoms with Crippen molar-refractivity contribution >= 4 is 12.1 Å². The molecule has 1 heterocycles. The number of rotatable bonds is 8. The van der Waals surface area contributed by atoms with E-state index in [1.807, 2.05) is 72.8 Å². The number of hydrogen-bond donors (Lipinski definition) is 2. The zero-order valence-corrected chi connectivity index (χ0v) is 16.9. The molecule has 1 amide bonds. The smallest absolute Gasteiger partial charge is 0.289 e. The van der Waals surface area contributed by atoms with E-state index in [4.69, 9.17) is 4.74 Å². The van der Waals surface area contributed by atoms with Crippen LogP contribution in [0.2, 0.25) is 0 Å². The van der Waals surface area contributed by atoms with E-state index >= 15 is 0 Å². The number of nitrogens with zero attached hydrogens (tertiary/aromatic N) is 2. The minimum atomic E-state index is -0.355. The minimum Gasteiger partial charge on any atom is -0.493 e. The molecule has 2 N–H and O–H groups in total. The third-order valence-corrected chi connectivity index (χ3v) is 4.65. The fourth-order valence-corrected chi connectivity index (χ4v) is 3.00. The average Bonchev–Trinajstić information content (AvgIpc) is 3.31. The van der Waals surface area contributed by atoms with Crippen molar-refractivity contribution in [2.24, 2.45) is 5.10 Å². The molecule has 154 valence electrons. The summed E-state index contributed by atoms with van der Waals surface area (Å²) in [6, 6.07) is 29.1. The largest absolute Gasteiger partial charge is 0.493 e. The summed E-state index contributed by atoms with van der Waals surface area (Å²) in [7, 11) is 0. The zero-order valence-electron chi connectivity index (χ0n) is 16.9. The Morgan fingerprint density at radius 3 is 2.42 bits per heavy atom. The van der Waals surface area contributed by atoms with Crippen LogP contribution < -0.4 is 10.2 Å². The summed E-state index contributed by atoms with van der Waals surface area (Å²) in [5.41, 5.74) is 6.54. The Kier molecular flexibility index (Phi) is 6.50. The van der Waals surface area contributed by atoms with Gasteiger partial charge in [-0.1, -0.05) is 60.7 Å². The lowest BCUT2D eigenvalue weighted by molar-refractivity contribution is 0.0950. The van der Waals surface area contributed by atoms with Crippen molar-refractivity contribution in [3.05, 3.63) is 108 Å². The van der Waals surface area contributed by atoms with Crippen molar-refractivity contribution < 1.29 is 9.53 Å². The van der Waals surface area contributed by atoms with Crippen molar-refractivity contribution in [3.63, 3.8) is 0 Å². The van der Waals surface area contributed by atoms with Gasteiger partial charge in [0.2, 0.25) is 0 Å². The topological polar surface area (TPSA) is 79.4 Å². The highest BCUT2D eigenvalue weighted by atomic mass is 16.5. The Labute approximate surface area is 180 Å². The van der Waals surface area contributed by atoms with Gasteiger partial charge >= 0.3 is 0 Å². The van der Waals surface area contributed by atoms with Crippen molar-refractivity contribution in [2.75, 3.05) is 6.61 Å². The van der Waals surface area contributed by atoms with E-state index in [9.17, 15) is 4.79 Å². The summed E-state index contributed by atoms with van der Waals surface area (Å²) in [5.74, 6) is 0.440. The molecular formula is C25H22N4O2. The number of amides is 1. The maximum atomic E-state index is 12.3. The van der Waals surface area contributed by atoms with Crippen LogP contribution in [0.4, 0.5) is 0 Å². The highest BCUT2D eigenvalue weighted by Gasteiger charge is 2.10. The Hall–Kier alpha value is -4.19. The molecular weight excluding hydrogens is 388 g/mol. The quantitative estimate of drug-likeness (QED) is 0.332. The summed E-state index contributed by atoms with van der Waals surface area (Å²) >= 11 is 0. The lowest BCUT2D eigenvalue weighted by Crippen LogP contribution is -2.17. The van der Waals surface area contributed by atoms with Crippen molar-refractivity contribution in [1.29, 1.82) is 0 Å². The molecule has 1 aromatic heterocycles. The monoisotopic (exact) mass is 410 g/mol. The number of nitrogens with one attached hydrogen (secondary N) is 2. The van der Waals surface area contributed by atoms with Gasteiger partial charge < -0.3 is 4.74 Å². The molecule has 4 rings (SSSR count). The maximum absolute atomic E-state index is 12.3. The van der Waals surface area contributed by atoms with Crippen molar-refractivity contribution in [2.45, 2.75) is 6.42 Å². The van der Waals surface area contributed by atoms with Crippen LogP contribution in [0.15, 0.2) is 96.1 Å². The van der Waals surface area contributed by atoms with Crippen LogP contribution in [-0.4, -0.2) is 28.9 Å². The Bertz CT molecular complexity index is 1140. The second-order valence-electron chi connectivity index (χ2n) is 6.89. The first-order chi connectivity index (χ1) is 15.3. The van der Waals surface area contributed by atoms with Crippen LogP contribution in [0, 0.1) is 0 Å². The summed E-state index contributed by atoms with van der Waals surface area (Å²) in [6.07, 6.45) is 2.44. The number of aromatic nitrogens is 2. The van der Waals surface area contributed by atoms with E-state index in [0.29, 0.717) is 18.0 Å². The van der Waals surface area contributed by atoms with Crippen molar-refractivity contribution in [3.8, 4) is 17.0 Å². The number of hydrazone groups is 1. The third-order valence-electron chi connectivity index (χ3n) is 4.65. The normalized spacial score (nSPS) is 10.8. The number of H-pyrrole nitrogens is 1. The van der Waals surface area contributed by atoms with Crippen LogP contribution in [0.25, 0.3) is 11.3 Å². The summed E-state index contributed by atoms with van der Waals surface area (Å²) in [6.45, 7) is 0.611. The molecule has 0 aliphatic heterocycles. The Balaban J connectivity index is 1.31. The van der Waals surface area contributed by atoms with Crippen LogP contribution in [0.1, 0.15) is 21.6 Å². The summed E-state index contributed by atoms with van der Waals surface area (Å²) < 4.78 is 5.82. The van der Waals surface area contributed by atoms with E-state index in [2.05, 4.69) is 32.9 Å². The van der Waals surface area contributed by atoms with Gasteiger partial charge in [0.25, 0.3) is 5.91 Å². The SMILES string of the molecule is O=C(N/N=C/c1ccccc1)c1cc(-c2ccc(OCCc3ccccc3)cc2)n[nH]1. The van der Waals surface area contributed by atoms with Gasteiger partial charge in [0, 0.05) is 12.0 Å². The van der Waals surface area contributed by atoms with Crippen LogP contribution in [0.3, 0.4) is 0 Å². The molecule has 0 bridgehead atoms. The lowest BCUT2D eigenvalue weighted by atomic mass is 10.1. The highest BCUT2D eigenvalue weighted by Crippen LogP contribution is 2.21. The van der Waals surface area contributed by atoms with E-state index in [-0.39, 0.29) is 5.91 Å². The van der Waals surface area contributed by atoms with Gasteiger partial charge in [-0.05, 0) is 41.5 Å². The van der Waals surface area contributed by atoms with E-state index in [1.54, 1.807) is 12.3 Å². The zero-order chi connectivity index (χ0) is 21.3. The first kappa shape index (κ1) is 20.1. The summed E-state index contributed by atoms with van der Waals surface area (Å²) in [5, 5.41) is 11.0. The number of hydrogen-bond acceptors (Lipinski definition) is 4. The standard InChI is InChI=1S/C25H22N4O2/c30-25(29-26-18-20-9-5-2-6-10-20)24-17-23(27-28-24)21-11-13-22(14-12-21)31-16-15-19-7-3-1-4-8-19/h1-14,17-18H,15-16H2,(H,27,28)(H,29,30)/b26-18+. The van der Waals surface area contributed by atoms with Gasteiger partial charge in [-0.25, -0.2) is 5.43 Å². The fourth-order valence-electron chi connectivity index (χ4n) is 3.00. The second-order valence-corrected chi connectivity index (χ2v) is 6.89. The second kappa shape index (κ2) is 10.0. The molecule has 6 nitrogen and oxygen atoms in total. The number of carbonyl (C=O) groups excluding carboxylic acids is 1. The van der Waals surface area contributed by atoms with Gasteiger partial charge in [-0.3, -0.25) is 9.89 Å². The molecule has 0 saturated carbocycles. The molecule has 0 fully saturated rings. The van der Waals surface area contributed by atoms with Crippen LogP contribution >= 0.6 is 0 Å². The van der Waals surface area contributed by atoms with E-state index in [1.165, 1.54) is 5.56 Å². The maximum Gasteiger partial charge on any atom is 0.289 e. The third kappa shape index (κ3) is 5.67. The first-order valence-electron chi connectivity index (χ1n) is 9.99. The number of benzene rings is 3. The molecule has 0 radical (unpaired) electrons. The predicted octanol–water partition coefficient (Wildman–Crippen LogP) is 4.46. The molecule has 4 aromatic rings. The van der Waals surface area contributed by atoms with Gasteiger partial charge in [-0.15, -0.1) is 0 Å². The molecule has 0 aliphatic carbocycles. The average molecular weight is 410 g/mol. The lowest BCUT2D eigenvalue weighted by Gasteiger charge is -2.06.